The van der Waals surface area contributed by atoms with Gasteiger partial charge in [-0.3, -0.25) is 19.7 Å². The molecule has 0 radical (unpaired) electrons. The van der Waals surface area contributed by atoms with Crippen LogP contribution in [-0.2, 0) is 4.79 Å². The number of nitrogens with one attached hydrogen (secondary N) is 1. The number of hydrogen-bond acceptors (Lipinski definition) is 6. The SMILES string of the molecule is CN(C)C(=O)CNC(=O)c1cc2c(cc1[N+](=O)[O-])OCCO2. The maximum Gasteiger partial charge on any atom is 0.286 e. The van der Waals surface area contributed by atoms with Crippen molar-refractivity contribution in [3.05, 3.63) is 27.8 Å². The molecule has 1 aliphatic heterocycles. The van der Waals surface area contributed by atoms with E-state index in [1.165, 1.54) is 11.0 Å². The van der Waals surface area contributed by atoms with Gasteiger partial charge in [0.2, 0.25) is 5.91 Å². The van der Waals surface area contributed by atoms with E-state index in [9.17, 15) is 19.7 Å². The van der Waals surface area contributed by atoms with E-state index in [0.29, 0.717) is 6.61 Å². The van der Waals surface area contributed by atoms with Crippen LogP contribution in [0.3, 0.4) is 0 Å². The number of ether oxygens (including phenoxy) is 2. The molecule has 0 fully saturated rings. The first-order chi connectivity index (χ1) is 10.4. The van der Waals surface area contributed by atoms with Crippen LogP contribution in [0, 0.1) is 10.1 Å². The molecule has 1 heterocycles. The maximum atomic E-state index is 12.1. The highest BCUT2D eigenvalue weighted by Gasteiger charge is 2.26. The van der Waals surface area contributed by atoms with Crippen molar-refractivity contribution in [2.24, 2.45) is 0 Å². The minimum absolute atomic E-state index is 0.180. The minimum atomic E-state index is -0.723. The summed E-state index contributed by atoms with van der Waals surface area (Å²) in [5.74, 6) is -0.563. The van der Waals surface area contributed by atoms with Gasteiger partial charge in [-0.15, -0.1) is 0 Å². The fraction of sp³-hybridized carbons (Fsp3) is 0.385. The van der Waals surface area contributed by atoms with Crippen LogP contribution >= 0.6 is 0 Å². The molecule has 1 aromatic rings. The summed E-state index contributed by atoms with van der Waals surface area (Å²) in [5.41, 5.74) is -0.583. The number of nitro benzene ring substituents is 1. The standard InChI is InChI=1S/C13H15N3O6/c1-15(2)12(17)7-14-13(18)8-5-10-11(22-4-3-21-10)6-9(8)16(19)20/h5-6H,3-4,7H2,1-2H3,(H,14,18). The van der Waals surface area contributed by atoms with Crippen LogP contribution in [0.2, 0.25) is 0 Å². The largest absolute Gasteiger partial charge is 0.486 e. The van der Waals surface area contributed by atoms with E-state index in [-0.39, 0.29) is 36.1 Å². The lowest BCUT2D eigenvalue weighted by Crippen LogP contribution is -2.36. The Labute approximate surface area is 125 Å². The molecule has 9 nitrogen and oxygen atoms in total. The second-order valence-electron chi connectivity index (χ2n) is 4.74. The van der Waals surface area contributed by atoms with Crippen molar-refractivity contribution >= 4 is 17.5 Å². The molecule has 1 aromatic carbocycles. The van der Waals surface area contributed by atoms with Crippen molar-refractivity contribution in [1.29, 1.82) is 0 Å². The van der Waals surface area contributed by atoms with Crippen LogP contribution in [0.5, 0.6) is 11.5 Å². The van der Waals surface area contributed by atoms with E-state index in [1.807, 2.05) is 0 Å². The third kappa shape index (κ3) is 3.25. The Kier molecular flexibility index (Phi) is 4.44. The summed E-state index contributed by atoms with van der Waals surface area (Å²) in [6, 6.07) is 2.40. The topological polar surface area (TPSA) is 111 Å². The van der Waals surface area contributed by atoms with Gasteiger partial charge in [-0.05, 0) is 0 Å². The van der Waals surface area contributed by atoms with E-state index in [1.54, 1.807) is 14.1 Å². The Morgan fingerprint density at radius 2 is 1.86 bits per heavy atom. The third-order valence-corrected chi connectivity index (χ3v) is 3.00. The van der Waals surface area contributed by atoms with Gasteiger partial charge < -0.3 is 19.7 Å². The molecule has 118 valence electrons. The van der Waals surface area contributed by atoms with Crippen molar-refractivity contribution in [1.82, 2.24) is 10.2 Å². The van der Waals surface area contributed by atoms with Crippen molar-refractivity contribution in [3.63, 3.8) is 0 Å². The fourth-order valence-electron chi connectivity index (χ4n) is 1.82. The van der Waals surface area contributed by atoms with E-state index < -0.39 is 16.5 Å². The van der Waals surface area contributed by atoms with Gasteiger partial charge in [-0.25, -0.2) is 0 Å². The molecule has 0 atom stereocenters. The Bertz CT molecular complexity index is 628. The Morgan fingerprint density at radius 3 is 2.41 bits per heavy atom. The molecular weight excluding hydrogens is 294 g/mol. The molecular formula is C13H15N3O6. The molecule has 0 unspecified atom stereocenters. The number of carbonyl (C=O) groups is 2. The second-order valence-corrected chi connectivity index (χ2v) is 4.74. The number of carbonyl (C=O) groups excluding carboxylic acids is 2. The van der Waals surface area contributed by atoms with Gasteiger partial charge >= 0.3 is 0 Å². The van der Waals surface area contributed by atoms with Gasteiger partial charge in [0.15, 0.2) is 11.5 Å². The van der Waals surface area contributed by atoms with E-state index in [2.05, 4.69) is 5.32 Å². The van der Waals surface area contributed by atoms with Gasteiger partial charge in [0, 0.05) is 20.2 Å². The summed E-state index contributed by atoms with van der Waals surface area (Å²) in [7, 11) is 3.09. The molecule has 0 saturated carbocycles. The molecule has 1 aliphatic rings. The normalized spacial score (nSPS) is 12.5. The summed E-state index contributed by atoms with van der Waals surface area (Å²) < 4.78 is 10.6. The Balaban J connectivity index is 2.26. The molecule has 2 amide bonds. The highest BCUT2D eigenvalue weighted by Crippen LogP contribution is 2.36. The van der Waals surface area contributed by atoms with Crippen molar-refractivity contribution in [3.8, 4) is 11.5 Å². The predicted molar refractivity (Wildman–Crippen MR) is 75.1 cm³/mol. The molecule has 0 aliphatic carbocycles. The molecule has 22 heavy (non-hydrogen) atoms. The zero-order valence-electron chi connectivity index (χ0n) is 12.1. The number of likely N-dealkylation sites (N-methyl/N-ethyl adjacent to an activating group) is 1. The predicted octanol–water partition coefficient (Wildman–Crippen LogP) is 0.184. The molecule has 0 bridgehead atoms. The maximum absolute atomic E-state index is 12.1. The number of nitro groups is 1. The van der Waals surface area contributed by atoms with Crippen LogP contribution < -0.4 is 14.8 Å². The van der Waals surface area contributed by atoms with Crippen molar-refractivity contribution in [2.75, 3.05) is 33.9 Å². The van der Waals surface area contributed by atoms with Gasteiger partial charge in [0.1, 0.15) is 18.8 Å². The Hall–Kier alpha value is -2.84. The van der Waals surface area contributed by atoms with Gasteiger partial charge in [-0.2, -0.15) is 0 Å². The number of benzene rings is 1. The fourth-order valence-corrected chi connectivity index (χ4v) is 1.82. The summed E-state index contributed by atoms with van der Waals surface area (Å²) in [5, 5.41) is 13.5. The lowest BCUT2D eigenvalue weighted by molar-refractivity contribution is -0.385. The number of rotatable bonds is 4. The monoisotopic (exact) mass is 309 g/mol. The van der Waals surface area contributed by atoms with Gasteiger partial charge in [-0.1, -0.05) is 0 Å². The first-order valence-corrected chi connectivity index (χ1v) is 6.46. The van der Waals surface area contributed by atoms with Crippen LogP contribution in [0.1, 0.15) is 10.4 Å². The lowest BCUT2D eigenvalue weighted by Gasteiger charge is -2.19. The number of hydrogen-bond donors (Lipinski definition) is 1. The molecule has 0 aromatic heterocycles. The zero-order valence-corrected chi connectivity index (χ0v) is 12.1. The molecule has 0 spiro atoms. The number of nitrogens with zero attached hydrogens (tertiary/aromatic N) is 2. The average molecular weight is 309 g/mol. The van der Waals surface area contributed by atoms with Crippen LogP contribution in [0.4, 0.5) is 5.69 Å². The van der Waals surface area contributed by atoms with E-state index in [0.717, 1.165) is 6.07 Å². The first kappa shape index (κ1) is 15.5. The highest BCUT2D eigenvalue weighted by atomic mass is 16.6. The van der Waals surface area contributed by atoms with Crippen molar-refractivity contribution < 1.29 is 24.0 Å². The summed E-state index contributed by atoms with van der Waals surface area (Å²) >= 11 is 0. The van der Waals surface area contributed by atoms with E-state index in [4.69, 9.17) is 9.47 Å². The van der Waals surface area contributed by atoms with Crippen LogP contribution in [-0.4, -0.2) is 55.5 Å². The quantitative estimate of drug-likeness (QED) is 0.627. The molecule has 2 rings (SSSR count). The van der Waals surface area contributed by atoms with Crippen molar-refractivity contribution in [2.45, 2.75) is 0 Å². The summed E-state index contributed by atoms with van der Waals surface area (Å²) in [6.07, 6.45) is 0. The molecule has 1 N–H and O–H groups in total. The minimum Gasteiger partial charge on any atom is -0.486 e. The molecule has 0 saturated heterocycles. The zero-order chi connectivity index (χ0) is 16.3. The average Bonchev–Trinajstić information content (AvgIpc) is 2.50. The Morgan fingerprint density at radius 1 is 1.27 bits per heavy atom. The van der Waals surface area contributed by atoms with Gasteiger partial charge in [0.05, 0.1) is 17.5 Å². The van der Waals surface area contributed by atoms with Gasteiger partial charge in [0.25, 0.3) is 11.6 Å². The number of amides is 2. The summed E-state index contributed by atoms with van der Waals surface area (Å²) in [4.78, 5) is 35.3. The lowest BCUT2D eigenvalue weighted by atomic mass is 10.1. The number of fused-ring (bicyclic) bond motifs is 1. The molecule has 9 heteroatoms. The van der Waals surface area contributed by atoms with Crippen LogP contribution in [0.15, 0.2) is 12.1 Å². The highest BCUT2D eigenvalue weighted by molar-refractivity contribution is 6.00. The van der Waals surface area contributed by atoms with Crippen LogP contribution in [0.25, 0.3) is 0 Å². The summed E-state index contributed by atoms with van der Waals surface area (Å²) in [6.45, 7) is 0.329. The first-order valence-electron chi connectivity index (χ1n) is 6.46. The third-order valence-electron chi connectivity index (χ3n) is 3.00. The second kappa shape index (κ2) is 6.29. The van der Waals surface area contributed by atoms with E-state index >= 15 is 0 Å². The smallest absolute Gasteiger partial charge is 0.286 e.